The maximum absolute atomic E-state index is 11.3. The summed E-state index contributed by atoms with van der Waals surface area (Å²) in [4.78, 5) is 27.6. The molecule has 0 saturated carbocycles. The number of nitrogens with one attached hydrogen (secondary N) is 2. The largest absolute Gasteiger partial charge is 0.465 e. The highest BCUT2D eigenvalue weighted by Crippen LogP contribution is 2.32. The molecule has 0 bridgehead atoms. The summed E-state index contributed by atoms with van der Waals surface area (Å²) in [7, 11) is 0. The number of fused-ring (bicyclic) bond motifs is 1. The van der Waals surface area contributed by atoms with Crippen molar-refractivity contribution >= 4 is 34.5 Å². The number of likely N-dealkylation sites (tertiary alicyclic amines) is 2. The Bertz CT molecular complexity index is 1100. The van der Waals surface area contributed by atoms with Gasteiger partial charge in [0.2, 0.25) is 5.95 Å². The molecule has 5 rings (SSSR count). The van der Waals surface area contributed by atoms with Gasteiger partial charge in [-0.3, -0.25) is 4.90 Å². The van der Waals surface area contributed by atoms with Crippen LogP contribution in [0.4, 0.5) is 10.7 Å². The summed E-state index contributed by atoms with van der Waals surface area (Å²) in [6.45, 7) is 3.02. The van der Waals surface area contributed by atoms with Gasteiger partial charge in [0.25, 0.3) is 0 Å². The summed E-state index contributed by atoms with van der Waals surface area (Å²) < 4.78 is 0. The molecule has 2 atom stereocenters. The van der Waals surface area contributed by atoms with E-state index in [0.29, 0.717) is 29.8 Å². The van der Waals surface area contributed by atoms with Gasteiger partial charge in [-0.2, -0.15) is 0 Å². The number of rotatable bonds is 4. The minimum absolute atomic E-state index is 0.220. The van der Waals surface area contributed by atoms with E-state index in [2.05, 4.69) is 20.2 Å². The topological polar surface area (TPSA) is 97.4 Å². The number of anilines is 1. The fraction of sp³-hybridized carbons (Fsp3) is 0.409. The quantitative estimate of drug-likeness (QED) is 0.569. The van der Waals surface area contributed by atoms with E-state index in [0.717, 1.165) is 48.8 Å². The highest BCUT2D eigenvalue weighted by Gasteiger charge is 2.32. The van der Waals surface area contributed by atoms with Gasteiger partial charge in [0.1, 0.15) is 0 Å². The summed E-state index contributed by atoms with van der Waals surface area (Å²) in [5, 5.41) is 14.3. The van der Waals surface area contributed by atoms with Crippen LogP contribution in [0.2, 0.25) is 5.02 Å². The number of aromatic nitrogens is 3. The lowest BCUT2D eigenvalue weighted by atomic mass is 10.1. The Morgan fingerprint density at radius 1 is 1.23 bits per heavy atom. The molecule has 1 aromatic carbocycles. The van der Waals surface area contributed by atoms with E-state index in [9.17, 15) is 9.90 Å². The number of H-pyrrole nitrogens is 1. The molecule has 9 heteroatoms. The predicted octanol–water partition coefficient (Wildman–Crippen LogP) is 3.91. The molecule has 0 radical (unpaired) electrons. The van der Waals surface area contributed by atoms with Crippen molar-refractivity contribution in [3.05, 3.63) is 41.7 Å². The van der Waals surface area contributed by atoms with Crippen LogP contribution in [0.1, 0.15) is 19.3 Å². The van der Waals surface area contributed by atoms with E-state index in [1.807, 2.05) is 30.5 Å². The van der Waals surface area contributed by atoms with Crippen LogP contribution in [0.25, 0.3) is 22.2 Å². The monoisotopic (exact) mass is 440 g/mol. The van der Waals surface area contributed by atoms with Crippen LogP contribution in [0.5, 0.6) is 0 Å². The molecule has 3 N–H and O–H groups in total. The maximum Gasteiger partial charge on any atom is 0.407 e. The number of halogens is 1. The Labute approximate surface area is 185 Å². The minimum Gasteiger partial charge on any atom is -0.465 e. The number of carboxylic acid groups (broad SMARTS) is 1. The second-order valence-corrected chi connectivity index (χ2v) is 8.69. The number of hydrogen-bond donors (Lipinski definition) is 3. The van der Waals surface area contributed by atoms with Crippen molar-refractivity contribution in [2.24, 2.45) is 0 Å². The van der Waals surface area contributed by atoms with E-state index in [1.54, 1.807) is 6.20 Å². The Kier molecular flexibility index (Phi) is 5.41. The number of nitrogens with zero attached hydrogens (tertiary/aromatic N) is 4. The fourth-order valence-corrected chi connectivity index (χ4v) is 4.93. The highest BCUT2D eigenvalue weighted by molar-refractivity contribution is 6.33. The summed E-state index contributed by atoms with van der Waals surface area (Å²) in [6, 6.07) is 8.56. The predicted molar refractivity (Wildman–Crippen MR) is 121 cm³/mol. The Morgan fingerprint density at radius 3 is 2.97 bits per heavy atom. The van der Waals surface area contributed by atoms with Crippen molar-refractivity contribution in [2.75, 3.05) is 31.5 Å². The summed E-state index contributed by atoms with van der Waals surface area (Å²) >= 11 is 6.44. The smallest absolute Gasteiger partial charge is 0.407 e. The van der Waals surface area contributed by atoms with Crippen molar-refractivity contribution in [2.45, 2.75) is 31.3 Å². The summed E-state index contributed by atoms with van der Waals surface area (Å²) in [5.74, 6) is 0.562. The van der Waals surface area contributed by atoms with E-state index in [1.165, 1.54) is 4.90 Å². The highest BCUT2D eigenvalue weighted by atomic mass is 35.5. The summed E-state index contributed by atoms with van der Waals surface area (Å²) in [6.07, 6.45) is 5.68. The summed E-state index contributed by atoms with van der Waals surface area (Å²) in [5.41, 5.74) is 2.70. The van der Waals surface area contributed by atoms with Crippen LogP contribution in [-0.2, 0) is 0 Å². The first-order chi connectivity index (χ1) is 15.1. The standard InChI is InChI=1S/C22H25ClN6O2/c23-18-11-25-21(27-20(18)17-10-24-19-6-2-1-5-16(17)19)26-14-7-9-28(12-14)15-4-3-8-29(13-15)22(30)31/h1-2,5-6,10-11,14-15,24H,3-4,7-9,12-13H2,(H,30,31)(H,25,26,27). The van der Waals surface area contributed by atoms with E-state index in [4.69, 9.17) is 16.6 Å². The molecule has 162 valence electrons. The Morgan fingerprint density at radius 2 is 2.10 bits per heavy atom. The number of piperidine rings is 1. The lowest BCUT2D eigenvalue weighted by Gasteiger charge is -2.36. The normalized spacial score (nSPS) is 22.2. The van der Waals surface area contributed by atoms with Gasteiger partial charge in [0, 0.05) is 60.9 Å². The average Bonchev–Trinajstić information content (AvgIpc) is 3.42. The molecule has 1 amide bonds. The number of carbonyl (C=O) groups is 1. The van der Waals surface area contributed by atoms with Gasteiger partial charge in [-0.1, -0.05) is 29.8 Å². The minimum atomic E-state index is -0.821. The molecule has 2 saturated heterocycles. The molecule has 2 fully saturated rings. The molecule has 0 aliphatic carbocycles. The molecular weight excluding hydrogens is 416 g/mol. The molecular formula is C22H25ClN6O2. The lowest BCUT2D eigenvalue weighted by Crippen LogP contribution is -2.49. The van der Waals surface area contributed by atoms with E-state index < -0.39 is 6.09 Å². The van der Waals surface area contributed by atoms with Crippen LogP contribution in [0.3, 0.4) is 0 Å². The van der Waals surface area contributed by atoms with Crippen molar-refractivity contribution in [1.82, 2.24) is 24.8 Å². The third-order valence-electron chi connectivity index (χ3n) is 6.32. The van der Waals surface area contributed by atoms with Crippen molar-refractivity contribution in [3.8, 4) is 11.3 Å². The van der Waals surface area contributed by atoms with Gasteiger partial charge in [0.05, 0.1) is 16.9 Å². The number of benzene rings is 1. The first kappa shape index (κ1) is 20.1. The van der Waals surface area contributed by atoms with Crippen LogP contribution >= 0.6 is 11.6 Å². The second kappa shape index (κ2) is 8.36. The molecule has 2 aliphatic rings. The average molecular weight is 441 g/mol. The van der Waals surface area contributed by atoms with Crippen molar-refractivity contribution in [1.29, 1.82) is 0 Å². The van der Waals surface area contributed by atoms with Crippen LogP contribution in [0.15, 0.2) is 36.7 Å². The van der Waals surface area contributed by atoms with E-state index in [-0.39, 0.29) is 12.1 Å². The zero-order chi connectivity index (χ0) is 21.4. The third-order valence-corrected chi connectivity index (χ3v) is 6.60. The first-order valence-electron chi connectivity index (χ1n) is 10.7. The van der Waals surface area contributed by atoms with Crippen molar-refractivity contribution < 1.29 is 9.90 Å². The van der Waals surface area contributed by atoms with Gasteiger partial charge in [-0.25, -0.2) is 14.8 Å². The van der Waals surface area contributed by atoms with Gasteiger partial charge >= 0.3 is 6.09 Å². The fourth-order valence-electron chi connectivity index (χ4n) is 4.74. The van der Waals surface area contributed by atoms with Crippen LogP contribution < -0.4 is 5.32 Å². The first-order valence-corrected chi connectivity index (χ1v) is 11.0. The van der Waals surface area contributed by atoms with Gasteiger partial charge in [-0.15, -0.1) is 0 Å². The maximum atomic E-state index is 11.3. The number of aromatic amines is 1. The molecule has 3 aromatic rings. The molecule has 2 unspecified atom stereocenters. The molecule has 8 nitrogen and oxygen atoms in total. The number of amides is 1. The third kappa shape index (κ3) is 4.05. The second-order valence-electron chi connectivity index (χ2n) is 8.29. The zero-order valence-corrected chi connectivity index (χ0v) is 17.8. The molecule has 2 aliphatic heterocycles. The molecule has 4 heterocycles. The molecule has 2 aromatic heterocycles. The zero-order valence-electron chi connectivity index (χ0n) is 17.1. The molecule has 0 spiro atoms. The van der Waals surface area contributed by atoms with Gasteiger partial charge < -0.3 is 20.3 Å². The lowest BCUT2D eigenvalue weighted by molar-refractivity contribution is 0.0962. The van der Waals surface area contributed by atoms with Crippen LogP contribution in [0, 0.1) is 0 Å². The Balaban J connectivity index is 1.29. The SMILES string of the molecule is O=C(O)N1CCCC(N2CCC(Nc3ncc(Cl)c(-c4c[nH]c5ccccc45)n3)C2)C1. The Hall–Kier alpha value is -2.84. The number of hydrogen-bond acceptors (Lipinski definition) is 5. The van der Waals surface area contributed by atoms with Crippen molar-refractivity contribution in [3.63, 3.8) is 0 Å². The van der Waals surface area contributed by atoms with Gasteiger partial charge in [0.15, 0.2) is 0 Å². The number of para-hydroxylation sites is 1. The van der Waals surface area contributed by atoms with Crippen LogP contribution in [-0.4, -0.2) is 74.2 Å². The molecule has 31 heavy (non-hydrogen) atoms. The van der Waals surface area contributed by atoms with E-state index >= 15 is 0 Å². The van der Waals surface area contributed by atoms with Gasteiger partial charge in [-0.05, 0) is 25.3 Å².